The van der Waals surface area contributed by atoms with Crippen molar-refractivity contribution in [3.05, 3.63) is 52.6 Å². The van der Waals surface area contributed by atoms with Gasteiger partial charge in [-0.3, -0.25) is 0 Å². The van der Waals surface area contributed by atoms with Gasteiger partial charge in [-0.25, -0.2) is 4.79 Å². The average Bonchev–Trinajstić information content (AvgIpc) is 2.50. The summed E-state index contributed by atoms with van der Waals surface area (Å²) in [5.74, 6) is 0.332. The highest BCUT2D eigenvalue weighted by molar-refractivity contribution is 6.18. The predicted octanol–water partition coefficient (Wildman–Crippen LogP) is 4.22. The lowest BCUT2D eigenvalue weighted by Gasteiger charge is -2.38. The van der Waals surface area contributed by atoms with Crippen LogP contribution in [0.1, 0.15) is 43.2 Å². The van der Waals surface area contributed by atoms with Gasteiger partial charge >= 0.3 is 5.97 Å². The van der Waals surface area contributed by atoms with Crippen molar-refractivity contribution in [1.82, 2.24) is 0 Å². The minimum absolute atomic E-state index is 0.401. The summed E-state index contributed by atoms with van der Waals surface area (Å²) in [6, 6.07) is 8.03. The van der Waals surface area contributed by atoms with Gasteiger partial charge < -0.3 is 5.11 Å². The summed E-state index contributed by atoms with van der Waals surface area (Å²) in [5, 5.41) is 9.73. The first-order valence-corrected chi connectivity index (χ1v) is 8.00. The summed E-state index contributed by atoms with van der Waals surface area (Å²) >= 11 is 0. The van der Waals surface area contributed by atoms with E-state index in [2.05, 4.69) is 12.1 Å². The highest BCUT2D eigenvalue weighted by Crippen LogP contribution is 2.47. The maximum absolute atomic E-state index is 11.8. The number of fused-ring (bicyclic) bond motifs is 3. The fraction of sp³-hybridized carbons (Fsp3) is 0.421. The molecule has 0 spiro atoms. The van der Waals surface area contributed by atoms with Crippen LogP contribution in [0.15, 0.2) is 41.5 Å². The highest BCUT2D eigenvalue weighted by Gasteiger charge is 2.35. The number of aliphatic carboxylic acids is 1. The Hall–Kier alpha value is -1.83. The number of allylic oxidation sites excluding steroid dienone is 3. The lowest BCUT2D eigenvalue weighted by molar-refractivity contribution is -0.130. The van der Waals surface area contributed by atoms with E-state index in [9.17, 15) is 9.90 Å². The molecule has 0 aliphatic heterocycles. The summed E-state index contributed by atoms with van der Waals surface area (Å²) in [7, 11) is 0. The molecule has 1 saturated carbocycles. The molecule has 21 heavy (non-hydrogen) atoms. The number of carboxylic acids is 1. The minimum Gasteiger partial charge on any atom is -0.478 e. The molecule has 1 aromatic carbocycles. The van der Waals surface area contributed by atoms with E-state index in [0.29, 0.717) is 17.4 Å². The van der Waals surface area contributed by atoms with Crippen molar-refractivity contribution in [2.75, 3.05) is 0 Å². The smallest absolute Gasteiger partial charge is 0.336 e. The van der Waals surface area contributed by atoms with Crippen LogP contribution in [0.3, 0.4) is 0 Å². The number of carbonyl (C=O) groups is 1. The molecule has 2 atom stereocenters. The van der Waals surface area contributed by atoms with Crippen molar-refractivity contribution in [3.63, 3.8) is 0 Å². The van der Waals surface area contributed by atoms with Gasteiger partial charge in [-0.15, -0.1) is 0 Å². The molecule has 0 radical (unpaired) electrons. The lowest BCUT2D eigenvalue weighted by Crippen LogP contribution is -2.27. The van der Waals surface area contributed by atoms with E-state index in [-0.39, 0.29) is 0 Å². The fourth-order valence-electron chi connectivity index (χ4n) is 4.43. The molecule has 1 N–H and O–H groups in total. The number of carboxylic acid groups (broad SMARTS) is 1. The van der Waals surface area contributed by atoms with Crippen LogP contribution in [0.5, 0.6) is 0 Å². The molecule has 0 heterocycles. The van der Waals surface area contributed by atoms with Crippen LogP contribution in [-0.4, -0.2) is 11.1 Å². The second kappa shape index (κ2) is 4.87. The molecule has 2 heteroatoms. The number of hydrogen-bond acceptors (Lipinski definition) is 1. The third-order valence-electron chi connectivity index (χ3n) is 5.40. The highest BCUT2D eigenvalue weighted by atomic mass is 16.4. The van der Waals surface area contributed by atoms with Crippen LogP contribution < -0.4 is 0 Å². The van der Waals surface area contributed by atoms with Gasteiger partial charge in [0.2, 0.25) is 0 Å². The van der Waals surface area contributed by atoms with Gasteiger partial charge in [0.1, 0.15) is 0 Å². The molecule has 0 aromatic heterocycles. The van der Waals surface area contributed by atoms with E-state index in [1.807, 2.05) is 18.2 Å². The molecule has 0 amide bonds. The van der Waals surface area contributed by atoms with Gasteiger partial charge in [0.15, 0.2) is 0 Å². The molecule has 0 bridgehead atoms. The quantitative estimate of drug-likeness (QED) is 0.836. The molecule has 2 unspecified atom stereocenters. The second-order valence-corrected chi connectivity index (χ2v) is 6.59. The van der Waals surface area contributed by atoms with Crippen LogP contribution in [0.25, 0.3) is 5.57 Å². The van der Waals surface area contributed by atoms with Crippen LogP contribution in [0.2, 0.25) is 0 Å². The topological polar surface area (TPSA) is 37.3 Å². The fourth-order valence-corrected chi connectivity index (χ4v) is 4.43. The van der Waals surface area contributed by atoms with Gasteiger partial charge in [0, 0.05) is 0 Å². The first-order chi connectivity index (χ1) is 10.2. The molecule has 2 nitrogen and oxygen atoms in total. The van der Waals surface area contributed by atoms with Gasteiger partial charge in [-0.05, 0) is 60.6 Å². The average molecular weight is 280 g/mol. The minimum atomic E-state index is -0.770. The van der Waals surface area contributed by atoms with E-state index < -0.39 is 5.97 Å². The Labute approximate surface area is 125 Å². The van der Waals surface area contributed by atoms with E-state index in [1.165, 1.54) is 30.4 Å². The maximum Gasteiger partial charge on any atom is 0.336 e. The van der Waals surface area contributed by atoms with Crippen molar-refractivity contribution in [1.29, 1.82) is 0 Å². The van der Waals surface area contributed by atoms with E-state index >= 15 is 0 Å². The summed E-state index contributed by atoms with van der Waals surface area (Å²) in [4.78, 5) is 11.8. The summed E-state index contributed by atoms with van der Waals surface area (Å²) in [5.41, 5.74) is 5.29. The van der Waals surface area contributed by atoms with Crippen molar-refractivity contribution in [2.24, 2.45) is 11.8 Å². The number of hydrogen-bond donors (Lipinski definition) is 1. The van der Waals surface area contributed by atoms with Crippen LogP contribution in [0, 0.1) is 11.8 Å². The largest absolute Gasteiger partial charge is 0.478 e. The Balaban J connectivity index is 1.90. The lowest BCUT2D eigenvalue weighted by atomic mass is 9.66. The van der Waals surface area contributed by atoms with Gasteiger partial charge in [0.25, 0.3) is 0 Å². The monoisotopic (exact) mass is 280 g/mol. The Bertz CT molecular complexity index is 666. The number of benzene rings is 1. The number of rotatable bonds is 1. The molecule has 3 aliphatic carbocycles. The maximum atomic E-state index is 11.8. The Morgan fingerprint density at radius 3 is 2.86 bits per heavy atom. The molecular weight excluding hydrogens is 260 g/mol. The first kappa shape index (κ1) is 12.9. The first-order valence-electron chi connectivity index (χ1n) is 8.00. The van der Waals surface area contributed by atoms with Crippen molar-refractivity contribution >= 4 is 11.5 Å². The van der Waals surface area contributed by atoms with Crippen LogP contribution in [-0.2, 0) is 11.2 Å². The van der Waals surface area contributed by atoms with E-state index in [0.717, 1.165) is 30.4 Å². The summed E-state index contributed by atoms with van der Waals surface area (Å²) < 4.78 is 0. The molecule has 4 rings (SSSR count). The summed E-state index contributed by atoms with van der Waals surface area (Å²) in [6.07, 6.45) is 9.44. The molecular formula is C19H20O2. The Morgan fingerprint density at radius 2 is 2.00 bits per heavy atom. The Morgan fingerprint density at radius 1 is 1.14 bits per heavy atom. The second-order valence-electron chi connectivity index (χ2n) is 6.59. The molecule has 0 saturated heterocycles. The van der Waals surface area contributed by atoms with Crippen molar-refractivity contribution < 1.29 is 9.90 Å². The SMILES string of the molecule is O=C(O)C1=C2C=C3CCCCC3CC2Cc2ccccc21. The summed E-state index contributed by atoms with van der Waals surface area (Å²) in [6.45, 7) is 0. The van der Waals surface area contributed by atoms with E-state index in [4.69, 9.17) is 0 Å². The van der Waals surface area contributed by atoms with Gasteiger partial charge in [-0.2, -0.15) is 0 Å². The van der Waals surface area contributed by atoms with Gasteiger partial charge in [-0.1, -0.05) is 42.3 Å². The Kier molecular flexibility index (Phi) is 2.99. The van der Waals surface area contributed by atoms with Crippen LogP contribution >= 0.6 is 0 Å². The van der Waals surface area contributed by atoms with Crippen LogP contribution in [0.4, 0.5) is 0 Å². The standard InChI is InChI=1S/C19H20O2/c20-19(21)18-16-8-4-3-7-14(16)10-15-9-12-5-1-2-6-13(12)11-17(15)18/h3-4,7-8,11-12,15H,1-2,5-6,9-10H2,(H,20,21). The van der Waals surface area contributed by atoms with Crippen molar-refractivity contribution in [2.45, 2.75) is 38.5 Å². The normalized spacial score (nSPS) is 27.3. The zero-order chi connectivity index (χ0) is 14.4. The van der Waals surface area contributed by atoms with Gasteiger partial charge in [0.05, 0.1) is 5.57 Å². The zero-order valence-corrected chi connectivity index (χ0v) is 12.1. The predicted molar refractivity (Wildman–Crippen MR) is 82.8 cm³/mol. The third kappa shape index (κ3) is 2.05. The third-order valence-corrected chi connectivity index (χ3v) is 5.40. The molecule has 1 aromatic rings. The van der Waals surface area contributed by atoms with Crippen molar-refractivity contribution in [3.8, 4) is 0 Å². The molecule has 108 valence electrons. The van der Waals surface area contributed by atoms with E-state index in [1.54, 1.807) is 0 Å². The molecule has 3 aliphatic rings. The molecule has 1 fully saturated rings. The zero-order valence-electron chi connectivity index (χ0n) is 12.1.